The molecule has 2 aromatic rings. The summed E-state index contributed by atoms with van der Waals surface area (Å²) in [6, 6.07) is 2.52. The molecule has 1 aliphatic heterocycles. The Hall–Kier alpha value is -1.58. The highest BCUT2D eigenvalue weighted by Crippen LogP contribution is 2.29. The van der Waals surface area contributed by atoms with Crippen molar-refractivity contribution in [2.24, 2.45) is 0 Å². The molecular formula is C12H16N4. The van der Waals surface area contributed by atoms with E-state index in [1.165, 1.54) is 11.4 Å². The van der Waals surface area contributed by atoms with Crippen LogP contribution in [0.25, 0.3) is 5.65 Å². The van der Waals surface area contributed by atoms with Gasteiger partial charge in [-0.25, -0.2) is 4.98 Å². The Morgan fingerprint density at radius 1 is 1.50 bits per heavy atom. The molecule has 84 valence electrons. The lowest BCUT2D eigenvalue weighted by Gasteiger charge is -2.26. The van der Waals surface area contributed by atoms with E-state index in [0.717, 1.165) is 25.0 Å². The maximum Gasteiger partial charge on any atom is 0.157 e. The van der Waals surface area contributed by atoms with Gasteiger partial charge in [-0.05, 0) is 19.8 Å². The summed E-state index contributed by atoms with van der Waals surface area (Å²) >= 11 is 0. The Labute approximate surface area is 94.9 Å². The van der Waals surface area contributed by atoms with Crippen LogP contribution in [0.3, 0.4) is 0 Å². The Bertz CT molecular complexity index is 517. The predicted molar refractivity (Wildman–Crippen MR) is 63.8 cm³/mol. The van der Waals surface area contributed by atoms with Gasteiger partial charge in [-0.1, -0.05) is 6.92 Å². The lowest BCUT2D eigenvalue weighted by Crippen LogP contribution is -2.32. The summed E-state index contributed by atoms with van der Waals surface area (Å²) in [6.45, 7) is 5.58. The van der Waals surface area contributed by atoms with Crippen molar-refractivity contribution in [2.75, 3.05) is 11.4 Å². The summed E-state index contributed by atoms with van der Waals surface area (Å²) in [5.74, 6) is 1.24. The van der Waals surface area contributed by atoms with Crippen LogP contribution in [0.5, 0.6) is 0 Å². The van der Waals surface area contributed by atoms with Crippen LogP contribution in [0.15, 0.2) is 18.5 Å². The average Bonchev–Trinajstić information content (AvgIpc) is 2.92. The fourth-order valence-electron chi connectivity index (χ4n) is 2.37. The highest BCUT2D eigenvalue weighted by atomic mass is 15.4. The molecule has 1 aliphatic rings. The van der Waals surface area contributed by atoms with Crippen molar-refractivity contribution in [3.63, 3.8) is 0 Å². The zero-order chi connectivity index (χ0) is 11.1. The number of hydrogen-bond acceptors (Lipinski definition) is 3. The first-order chi connectivity index (χ1) is 7.81. The minimum Gasteiger partial charge on any atom is -0.353 e. The quantitative estimate of drug-likeness (QED) is 0.768. The first kappa shape index (κ1) is 9.63. The third-order valence-electron chi connectivity index (χ3n) is 3.48. The summed E-state index contributed by atoms with van der Waals surface area (Å²) in [7, 11) is 0. The van der Waals surface area contributed by atoms with Crippen LogP contribution in [0.4, 0.5) is 5.82 Å². The summed E-state index contributed by atoms with van der Waals surface area (Å²) in [4.78, 5) is 6.85. The van der Waals surface area contributed by atoms with E-state index >= 15 is 0 Å². The monoisotopic (exact) mass is 216 g/mol. The van der Waals surface area contributed by atoms with Crippen molar-refractivity contribution in [3.05, 3.63) is 24.0 Å². The smallest absolute Gasteiger partial charge is 0.157 e. The van der Waals surface area contributed by atoms with Crippen LogP contribution in [0, 0.1) is 0 Å². The SMILES string of the molecule is CCC(C)N1CCc2cnc3ccnn3c21. The molecule has 0 saturated carbocycles. The molecule has 0 bridgehead atoms. The molecule has 0 amide bonds. The maximum atomic E-state index is 4.41. The largest absolute Gasteiger partial charge is 0.353 e. The molecule has 16 heavy (non-hydrogen) atoms. The molecule has 0 fully saturated rings. The molecule has 0 N–H and O–H groups in total. The van der Waals surface area contributed by atoms with E-state index < -0.39 is 0 Å². The Morgan fingerprint density at radius 3 is 3.19 bits per heavy atom. The van der Waals surface area contributed by atoms with E-state index in [2.05, 4.69) is 28.8 Å². The van der Waals surface area contributed by atoms with Crippen molar-refractivity contribution in [2.45, 2.75) is 32.7 Å². The molecule has 1 atom stereocenters. The number of aromatic nitrogens is 3. The van der Waals surface area contributed by atoms with Gasteiger partial charge in [0.2, 0.25) is 0 Å². The Balaban J connectivity index is 2.18. The first-order valence-corrected chi connectivity index (χ1v) is 5.89. The van der Waals surface area contributed by atoms with Crippen LogP contribution in [0.2, 0.25) is 0 Å². The van der Waals surface area contributed by atoms with Crippen LogP contribution in [0.1, 0.15) is 25.8 Å². The van der Waals surface area contributed by atoms with Crippen molar-refractivity contribution in [1.82, 2.24) is 14.6 Å². The molecule has 1 unspecified atom stereocenters. The van der Waals surface area contributed by atoms with Crippen molar-refractivity contribution in [3.8, 4) is 0 Å². The molecule has 3 rings (SSSR count). The van der Waals surface area contributed by atoms with Gasteiger partial charge in [0.15, 0.2) is 5.65 Å². The van der Waals surface area contributed by atoms with E-state index in [9.17, 15) is 0 Å². The third-order valence-corrected chi connectivity index (χ3v) is 3.48. The van der Waals surface area contributed by atoms with Gasteiger partial charge in [-0.3, -0.25) is 0 Å². The van der Waals surface area contributed by atoms with Gasteiger partial charge >= 0.3 is 0 Å². The van der Waals surface area contributed by atoms with Crippen molar-refractivity contribution < 1.29 is 0 Å². The highest BCUT2D eigenvalue weighted by Gasteiger charge is 2.25. The lowest BCUT2D eigenvalue weighted by atomic mass is 10.2. The fraction of sp³-hybridized carbons (Fsp3) is 0.500. The van der Waals surface area contributed by atoms with E-state index in [1.54, 1.807) is 0 Å². The number of nitrogens with zero attached hydrogens (tertiary/aromatic N) is 4. The summed E-state index contributed by atoms with van der Waals surface area (Å²) in [6.07, 6.45) is 6.05. The minimum atomic E-state index is 0.566. The van der Waals surface area contributed by atoms with Crippen molar-refractivity contribution in [1.29, 1.82) is 0 Å². The Morgan fingerprint density at radius 2 is 2.38 bits per heavy atom. The van der Waals surface area contributed by atoms with E-state index in [4.69, 9.17) is 0 Å². The highest BCUT2D eigenvalue weighted by molar-refractivity contribution is 5.58. The number of hydrogen-bond donors (Lipinski definition) is 0. The third kappa shape index (κ3) is 1.22. The molecule has 0 saturated heterocycles. The maximum absolute atomic E-state index is 4.41. The predicted octanol–water partition coefficient (Wildman–Crippen LogP) is 1.89. The van der Waals surface area contributed by atoms with Gasteiger partial charge < -0.3 is 4.90 Å². The van der Waals surface area contributed by atoms with Gasteiger partial charge in [0, 0.05) is 30.4 Å². The average molecular weight is 216 g/mol. The molecule has 0 aromatic carbocycles. The second-order valence-corrected chi connectivity index (χ2v) is 4.41. The van der Waals surface area contributed by atoms with Gasteiger partial charge in [0.05, 0.1) is 6.20 Å². The molecule has 3 heterocycles. The lowest BCUT2D eigenvalue weighted by molar-refractivity contribution is 0.623. The van der Waals surface area contributed by atoms with E-state index in [-0.39, 0.29) is 0 Å². The topological polar surface area (TPSA) is 33.4 Å². The standard InChI is InChI=1S/C12H16N4/c1-3-9(2)15-7-5-10-8-13-11-4-6-14-16(11)12(10)15/h4,6,8-9H,3,5,7H2,1-2H3. The molecule has 0 aliphatic carbocycles. The Kier molecular flexibility index (Phi) is 2.09. The van der Waals surface area contributed by atoms with Crippen LogP contribution in [-0.2, 0) is 6.42 Å². The van der Waals surface area contributed by atoms with Crippen LogP contribution < -0.4 is 4.90 Å². The van der Waals surface area contributed by atoms with Gasteiger partial charge in [0.1, 0.15) is 5.82 Å². The van der Waals surface area contributed by atoms with Gasteiger partial charge in [-0.15, -0.1) is 0 Å². The molecular weight excluding hydrogens is 200 g/mol. The first-order valence-electron chi connectivity index (χ1n) is 5.89. The molecule has 2 aromatic heterocycles. The van der Waals surface area contributed by atoms with Crippen LogP contribution in [-0.4, -0.2) is 27.2 Å². The number of fused-ring (bicyclic) bond motifs is 3. The van der Waals surface area contributed by atoms with E-state index in [0.29, 0.717) is 6.04 Å². The summed E-state index contributed by atoms with van der Waals surface area (Å²) < 4.78 is 1.97. The number of anilines is 1. The molecule has 0 spiro atoms. The second-order valence-electron chi connectivity index (χ2n) is 4.41. The summed E-state index contributed by atoms with van der Waals surface area (Å²) in [5, 5.41) is 4.37. The minimum absolute atomic E-state index is 0.566. The normalized spacial score (nSPS) is 16.8. The molecule has 0 radical (unpaired) electrons. The van der Waals surface area contributed by atoms with Crippen LogP contribution >= 0.6 is 0 Å². The number of rotatable bonds is 2. The fourth-order valence-corrected chi connectivity index (χ4v) is 2.37. The second kappa shape index (κ2) is 3.47. The molecule has 4 heteroatoms. The summed E-state index contributed by atoms with van der Waals surface area (Å²) in [5.41, 5.74) is 2.26. The zero-order valence-corrected chi connectivity index (χ0v) is 9.72. The van der Waals surface area contributed by atoms with Crippen molar-refractivity contribution >= 4 is 11.5 Å². The van der Waals surface area contributed by atoms with Gasteiger partial charge in [0.25, 0.3) is 0 Å². The van der Waals surface area contributed by atoms with E-state index in [1.807, 2.05) is 23.0 Å². The van der Waals surface area contributed by atoms with Gasteiger partial charge in [-0.2, -0.15) is 9.61 Å². The zero-order valence-electron chi connectivity index (χ0n) is 9.72. The molecule has 4 nitrogen and oxygen atoms in total.